The normalized spacial score (nSPS) is 12.9. The lowest BCUT2D eigenvalue weighted by Gasteiger charge is -2.05. The molecule has 2 aromatic heterocycles. The van der Waals surface area contributed by atoms with Crippen molar-refractivity contribution in [1.82, 2.24) is 25.0 Å². The van der Waals surface area contributed by atoms with Crippen molar-refractivity contribution in [2.45, 2.75) is 12.8 Å². The molecule has 0 saturated heterocycles. The molecule has 72 valence electrons. The average molecular weight is 193 g/mol. The number of aromatic nitrogens is 5. The number of rotatable bonds is 2. The van der Waals surface area contributed by atoms with Gasteiger partial charge in [0.25, 0.3) is 0 Å². The summed E-state index contributed by atoms with van der Waals surface area (Å²) in [5.41, 5.74) is 0.899. The number of tetrazole rings is 1. The van der Waals surface area contributed by atoms with Gasteiger partial charge in [0.1, 0.15) is 0 Å². The molecule has 0 aliphatic heterocycles. The van der Waals surface area contributed by atoms with E-state index in [9.17, 15) is 4.79 Å². The Kier molecular flexibility index (Phi) is 1.84. The van der Waals surface area contributed by atoms with Crippen LogP contribution in [-0.2, 0) is 4.79 Å². The van der Waals surface area contributed by atoms with E-state index in [0.29, 0.717) is 11.3 Å². The molecule has 0 aromatic carbocycles. The molecule has 0 aliphatic carbocycles. The summed E-state index contributed by atoms with van der Waals surface area (Å²) < 4.78 is 1.37. The van der Waals surface area contributed by atoms with Gasteiger partial charge in [-0.05, 0) is 17.4 Å². The molecule has 2 aromatic rings. The Morgan fingerprint density at radius 1 is 1.57 bits per heavy atom. The van der Waals surface area contributed by atoms with Crippen LogP contribution in [-0.4, -0.2) is 36.1 Å². The Labute approximate surface area is 78.4 Å². The van der Waals surface area contributed by atoms with Gasteiger partial charge in [0.2, 0.25) is 0 Å². The van der Waals surface area contributed by atoms with E-state index in [4.69, 9.17) is 5.11 Å². The molecule has 0 spiro atoms. The second-order valence-electron chi connectivity index (χ2n) is 2.84. The minimum atomic E-state index is -0.935. The van der Waals surface area contributed by atoms with Gasteiger partial charge in [-0.3, -0.25) is 9.78 Å². The fourth-order valence-corrected chi connectivity index (χ4v) is 1.12. The van der Waals surface area contributed by atoms with Gasteiger partial charge in [-0.15, -0.1) is 5.10 Å². The standard InChI is InChI=1S/C7H7N5O2/c1-4(7(13)14)5-2-8-3-6-9-10-11-12(5)6/h2-4H,1H3,(H,13,14). The number of fused-ring (bicyclic) bond motifs is 1. The number of hydrogen-bond acceptors (Lipinski definition) is 5. The van der Waals surface area contributed by atoms with E-state index < -0.39 is 11.9 Å². The van der Waals surface area contributed by atoms with Gasteiger partial charge in [0.15, 0.2) is 5.65 Å². The minimum absolute atomic E-state index is 0.440. The predicted octanol–water partition coefficient (Wildman–Crippen LogP) is -0.293. The van der Waals surface area contributed by atoms with Crippen LogP contribution in [0.25, 0.3) is 5.65 Å². The maximum Gasteiger partial charge on any atom is 0.312 e. The molecule has 2 heterocycles. The van der Waals surface area contributed by atoms with Crippen molar-refractivity contribution in [3.63, 3.8) is 0 Å². The molecule has 0 amide bonds. The molecule has 7 heteroatoms. The van der Waals surface area contributed by atoms with E-state index >= 15 is 0 Å². The van der Waals surface area contributed by atoms with E-state index in [1.54, 1.807) is 6.92 Å². The molecule has 1 atom stereocenters. The lowest BCUT2D eigenvalue weighted by atomic mass is 10.1. The third-order valence-electron chi connectivity index (χ3n) is 1.95. The summed E-state index contributed by atoms with van der Waals surface area (Å²) in [6.07, 6.45) is 2.92. The highest BCUT2D eigenvalue weighted by molar-refractivity contribution is 5.74. The SMILES string of the molecule is CC(C(=O)O)c1cncc2nnnn12. The fraction of sp³-hybridized carbons (Fsp3) is 0.286. The van der Waals surface area contributed by atoms with E-state index in [1.807, 2.05) is 0 Å². The Morgan fingerprint density at radius 2 is 2.36 bits per heavy atom. The summed E-state index contributed by atoms with van der Waals surface area (Å²) in [7, 11) is 0. The molecule has 0 radical (unpaired) electrons. The Hall–Kier alpha value is -2.05. The molecular weight excluding hydrogens is 186 g/mol. The fourth-order valence-electron chi connectivity index (χ4n) is 1.12. The number of nitrogens with zero attached hydrogens (tertiary/aromatic N) is 5. The monoisotopic (exact) mass is 193 g/mol. The zero-order valence-electron chi connectivity index (χ0n) is 7.32. The molecule has 2 rings (SSSR count). The topological polar surface area (TPSA) is 93.3 Å². The maximum atomic E-state index is 10.8. The molecule has 14 heavy (non-hydrogen) atoms. The van der Waals surface area contributed by atoms with Crippen LogP contribution in [0.3, 0.4) is 0 Å². The molecule has 0 fully saturated rings. The van der Waals surface area contributed by atoms with E-state index in [0.717, 1.165) is 0 Å². The quantitative estimate of drug-likeness (QED) is 0.704. The predicted molar refractivity (Wildman–Crippen MR) is 44.6 cm³/mol. The largest absolute Gasteiger partial charge is 0.481 e. The molecule has 1 N–H and O–H groups in total. The van der Waals surface area contributed by atoms with Crippen molar-refractivity contribution < 1.29 is 9.90 Å². The van der Waals surface area contributed by atoms with Crippen LogP contribution in [0.15, 0.2) is 12.4 Å². The van der Waals surface area contributed by atoms with Gasteiger partial charge in [0.05, 0.1) is 17.8 Å². The van der Waals surface area contributed by atoms with Crippen molar-refractivity contribution in [2.24, 2.45) is 0 Å². The lowest BCUT2D eigenvalue weighted by molar-refractivity contribution is -0.138. The summed E-state index contributed by atoms with van der Waals surface area (Å²) >= 11 is 0. The van der Waals surface area contributed by atoms with Crippen LogP contribution >= 0.6 is 0 Å². The first-order chi connectivity index (χ1) is 6.70. The number of carboxylic acid groups (broad SMARTS) is 1. The van der Waals surface area contributed by atoms with Gasteiger partial charge < -0.3 is 5.11 Å². The first-order valence-electron chi connectivity index (χ1n) is 3.95. The van der Waals surface area contributed by atoms with Crippen LogP contribution in [0.1, 0.15) is 18.5 Å². The van der Waals surface area contributed by atoms with Crippen LogP contribution in [0, 0.1) is 0 Å². The minimum Gasteiger partial charge on any atom is -0.481 e. The van der Waals surface area contributed by atoms with Crippen LogP contribution in [0.5, 0.6) is 0 Å². The van der Waals surface area contributed by atoms with Crippen LogP contribution in [0.2, 0.25) is 0 Å². The third kappa shape index (κ3) is 1.18. The highest BCUT2D eigenvalue weighted by Crippen LogP contribution is 2.13. The highest BCUT2D eigenvalue weighted by Gasteiger charge is 2.18. The number of carbonyl (C=O) groups is 1. The number of carboxylic acids is 1. The van der Waals surface area contributed by atoms with Crippen molar-refractivity contribution >= 4 is 11.6 Å². The smallest absolute Gasteiger partial charge is 0.312 e. The molecule has 7 nitrogen and oxygen atoms in total. The summed E-state index contributed by atoms with van der Waals surface area (Å²) in [6.45, 7) is 1.56. The zero-order chi connectivity index (χ0) is 10.1. The van der Waals surface area contributed by atoms with Gasteiger partial charge >= 0.3 is 5.97 Å². The van der Waals surface area contributed by atoms with E-state index in [-0.39, 0.29) is 0 Å². The van der Waals surface area contributed by atoms with E-state index in [2.05, 4.69) is 20.5 Å². The van der Waals surface area contributed by atoms with Crippen LogP contribution < -0.4 is 0 Å². The van der Waals surface area contributed by atoms with Crippen LogP contribution in [0.4, 0.5) is 0 Å². The van der Waals surface area contributed by atoms with Crippen molar-refractivity contribution in [1.29, 1.82) is 0 Å². The highest BCUT2D eigenvalue weighted by atomic mass is 16.4. The summed E-state index contributed by atoms with van der Waals surface area (Å²) in [5, 5.41) is 19.6. The summed E-state index contributed by atoms with van der Waals surface area (Å²) in [4.78, 5) is 14.6. The summed E-state index contributed by atoms with van der Waals surface area (Å²) in [5.74, 6) is -1.62. The Bertz CT molecular complexity index is 480. The number of hydrogen-bond donors (Lipinski definition) is 1. The summed E-state index contributed by atoms with van der Waals surface area (Å²) in [6, 6.07) is 0. The molecule has 0 saturated carbocycles. The van der Waals surface area contributed by atoms with E-state index in [1.165, 1.54) is 16.9 Å². The second kappa shape index (κ2) is 3.02. The molecule has 0 bridgehead atoms. The second-order valence-corrected chi connectivity index (χ2v) is 2.84. The Balaban J connectivity index is 2.61. The van der Waals surface area contributed by atoms with Gasteiger partial charge in [-0.25, -0.2) is 0 Å². The zero-order valence-corrected chi connectivity index (χ0v) is 7.32. The lowest BCUT2D eigenvalue weighted by Crippen LogP contribution is -2.12. The van der Waals surface area contributed by atoms with Crippen molar-refractivity contribution in [3.05, 3.63) is 18.1 Å². The number of aliphatic carboxylic acids is 1. The molecule has 1 unspecified atom stereocenters. The van der Waals surface area contributed by atoms with Crippen molar-refractivity contribution in [3.8, 4) is 0 Å². The van der Waals surface area contributed by atoms with Gasteiger partial charge in [-0.2, -0.15) is 4.52 Å². The van der Waals surface area contributed by atoms with Crippen molar-refractivity contribution in [2.75, 3.05) is 0 Å². The first-order valence-corrected chi connectivity index (χ1v) is 3.95. The molecule has 0 aliphatic rings. The first kappa shape index (κ1) is 8.54. The third-order valence-corrected chi connectivity index (χ3v) is 1.95. The average Bonchev–Trinajstić information content (AvgIpc) is 2.63. The van der Waals surface area contributed by atoms with Gasteiger partial charge in [0, 0.05) is 6.20 Å². The Morgan fingerprint density at radius 3 is 3.07 bits per heavy atom. The van der Waals surface area contributed by atoms with Gasteiger partial charge in [-0.1, -0.05) is 0 Å². The maximum absolute atomic E-state index is 10.8. The molecular formula is C7H7N5O2.